The Hall–Kier alpha value is -0.120. The molecule has 2 fully saturated rings. The predicted molar refractivity (Wildman–Crippen MR) is 77.7 cm³/mol. The average molecular weight is 253 g/mol. The average Bonchev–Trinajstić information content (AvgIpc) is 2.33. The molecule has 1 aliphatic heterocycles. The van der Waals surface area contributed by atoms with Crippen molar-refractivity contribution in [3.63, 3.8) is 0 Å². The lowest BCUT2D eigenvalue weighted by molar-refractivity contribution is 0.112. The Morgan fingerprint density at radius 3 is 2.39 bits per heavy atom. The third-order valence-corrected chi connectivity index (χ3v) is 5.15. The van der Waals surface area contributed by atoms with E-state index in [1.807, 2.05) is 0 Å². The van der Waals surface area contributed by atoms with Crippen molar-refractivity contribution in [3.05, 3.63) is 0 Å². The normalized spacial score (nSPS) is 25.3. The van der Waals surface area contributed by atoms with Gasteiger partial charge in [-0.25, -0.2) is 0 Å². The first kappa shape index (κ1) is 14.3. The first-order valence-corrected chi connectivity index (χ1v) is 7.84. The molecule has 18 heavy (non-hydrogen) atoms. The summed E-state index contributed by atoms with van der Waals surface area (Å²) in [6.45, 7) is 8.95. The van der Waals surface area contributed by atoms with E-state index in [2.05, 4.69) is 24.1 Å². The molecule has 1 saturated heterocycles. The van der Waals surface area contributed by atoms with Crippen LogP contribution in [0.15, 0.2) is 0 Å². The van der Waals surface area contributed by atoms with Gasteiger partial charge in [-0.2, -0.15) is 0 Å². The highest BCUT2D eigenvalue weighted by atomic mass is 15.2. The second kappa shape index (κ2) is 6.36. The fraction of sp³-hybridized carbons (Fsp3) is 1.00. The third-order valence-electron chi connectivity index (χ3n) is 5.15. The van der Waals surface area contributed by atoms with Crippen molar-refractivity contribution in [2.24, 2.45) is 11.7 Å². The fourth-order valence-corrected chi connectivity index (χ4v) is 3.24. The van der Waals surface area contributed by atoms with Crippen LogP contribution < -0.4 is 11.1 Å². The van der Waals surface area contributed by atoms with Crippen LogP contribution in [-0.2, 0) is 0 Å². The fourth-order valence-electron chi connectivity index (χ4n) is 3.24. The summed E-state index contributed by atoms with van der Waals surface area (Å²) < 4.78 is 0. The number of hydrogen-bond acceptors (Lipinski definition) is 3. The van der Waals surface area contributed by atoms with Crippen molar-refractivity contribution in [2.75, 3.05) is 26.2 Å². The first-order valence-electron chi connectivity index (χ1n) is 7.84. The summed E-state index contributed by atoms with van der Waals surface area (Å²) in [6, 6.07) is 0.677. The molecule has 1 aliphatic carbocycles. The SMILES string of the molecule is CC(C)N1CCC(CN)(NCCC2CCC2)CC1. The minimum Gasteiger partial charge on any atom is -0.329 e. The van der Waals surface area contributed by atoms with Crippen LogP contribution in [-0.4, -0.2) is 42.7 Å². The minimum absolute atomic E-state index is 0.231. The first-order chi connectivity index (χ1) is 8.65. The van der Waals surface area contributed by atoms with E-state index < -0.39 is 0 Å². The Morgan fingerprint density at radius 1 is 1.28 bits per heavy atom. The summed E-state index contributed by atoms with van der Waals surface area (Å²) in [5, 5.41) is 3.79. The van der Waals surface area contributed by atoms with E-state index in [-0.39, 0.29) is 5.54 Å². The molecule has 3 N–H and O–H groups in total. The van der Waals surface area contributed by atoms with E-state index in [4.69, 9.17) is 5.73 Å². The van der Waals surface area contributed by atoms with Crippen LogP contribution >= 0.6 is 0 Å². The van der Waals surface area contributed by atoms with E-state index in [9.17, 15) is 0 Å². The van der Waals surface area contributed by atoms with Crippen LogP contribution in [0.4, 0.5) is 0 Å². The monoisotopic (exact) mass is 253 g/mol. The molecule has 0 aromatic rings. The zero-order chi connectivity index (χ0) is 13.0. The highest BCUT2D eigenvalue weighted by Crippen LogP contribution is 2.29. The van der Waals surface area contributed by atoms with Gasteiger partial charge in [0.15, 0.2) is 0 Å². The molecule has 106 valence electrons. The lowest BCUT2D eigenvalue weighted by Crippen LogP contribution is -2.58. The van der Waals surface area contributed by atoms with Crippen LogP contribution in [0.1, 0.15) is 52.4 Å². The zero-order valence-electron chi connectivity index (χ0n) is 12.3. The van der Waals surface area contributed by atoms with Crippen molar-refractivity contribution in [3.8, 4) is 0 Å². The summed E-state index contributed by atoms with van der Waals surface area (Å²) >= 11 is 0. The van der Waals surface area contributed by atoms with E-state index in [0.717, 1.165) is 12.5 Å². The number of likely N-dealkylation sites (tertiary alicyclic amines) is 1. The van der Waals surface area contributed by atoms with E-state index in [1.54, 1.807) is 0 Å². The van der Waals surface area contributed by atoms with Gasteiger partial charge in [-0.3, -0.25) is 0 Å². The number of nitrogens with one attached hydrogen (secondary N) is 1. The molecule has 2 rings (SSSR count). The van der Waals surface area contributed by atoms with Crippen molar-refractivity contribution < 1.29 is 0 Å². The van der Waals surface area contributed by atoms with Crippen LogP contribution in [0, 0.1) is 5.92 Å². The van der Waals surface area contributed by atoms with Crippen LogP contribution in [0.3, 0.4) is 0 Å². The summed E-state index contributed by atoms with van der Waals surface area (Å²) in [6.07, 6.45) is 8.15. The Morgan fingerprint density at radius 2 is 1.94 bits per heavy atom. The molecule has 0 aromatic heterocycles. The second-order valence-corrected chi connectivity index (χ2v) is 6.63. The zero-order valence-corrected chi connectivity index (χ0v) is 12.3. The molecule has 0 atom stereocenters. The van der Waals surface area contributed by atoms with Gasteiger partial charge < -0.3 is 16.0 Å². The van der Waals surface area contributed by atoms with Crippen molar-refractivity contribution in [1.29, 1.82) is 0 Å². The van der Waals surface area contributed by atoms with Gasteiger partial charge in [0.2, 0.25) is 0 Å². The largest absolute Gasteiger partial charge is 0.329 e. The molecule has 0 unspecified atom stereocenters. The van der Waals surface area contributed by atoms with Gasteiger partial charge in [0.25, 0.3) is 0 Å². The standard InChI is InChI=1S/C15H31N3/c1-13(2)18-10-7-15(12-16,8-11-18)17-9-6-14-4-3-5-14/h13-14,17H,3-12,16H2,1-2H3. The maximum absolute atomic E-state index is 6.04. The van der Waals surface area contributed by atoms with Gasteiger partial charge >= 0.3 is 0 Å². The molecule has 3 nitrogen and oxygen atoms in total. The van der Waals surface area contributed by atoms with Gasteiger partial charge in [-0.05, 0) is 45.6 Å². The van der Waals surface area contributed by atoms with Crippen molar-refractivity contribution >= 4 is 0 Å². The molecule has 1 saturated carbocycles. The topological polar surface area (TPSA) is 41.3 Å². The Kier molecular flexibility index (Phi) is 5.05. The third kappa shape index (κ3) is 3.46. The lowest BCUT2D eigenvalue weighted by atomic mass is 9.82. The molecule has 0 amide bonds. The van der Waals surface area contributed by atoms with E-state index in [1.165, 1.54) is 58.2 Å². The van der Waals surface area contributed by atoms with E-state index >= 15 is 0 Å². The molecule has 0 spiro atoms. The highest BCUT2D eigenvalue weighted by molar-refractivity contribution is 4.95. The van der Waals surface area contributed by atoms with Crippen LogP contribution in [0.2, 0.25) is 0 Å². The van der Waals surface area contributed by atoms with Gasteiger partial charge in [0.05, 0.1) is 0 Å². The predicted octanol–water partition coefficient (Wildman–Crippen LogP) is 1.97. The summed E-state index contributed by atoms with van der Waals surface area (Å²) in [7, 11) is 0. The Balaban J connectivity index is 1.72. The van der Waals surface area contributed by atoms with Crippen molar-refractivity contribution in [2.45, 2.75) is 64.0 Å². The molecule has 0 radical (unpaired) electrons. The van der Waals surface area contributed by atoms with Crippen LogP contribution in [0.5, 0.6) is 0 Å². The summed E-state index contributed by atoms with van der Waals surface area (Å²) in [5.41, 5.74) is 6.27. The van der Waals surface area contributed by atoms with Gasteiger partial charge in [-0.15, -0.1) is 0 Å². The molecular formula is C15H31N3. The Labute approximate surface area is 112 Å². The molecule has 1 heterocycles. The summed E-state index contributed by atoms with van der Waals surface area (Å²) in [5.74, 6) is 1.00. The van der Waals surface area contributed by atoms with Gasteiger partial charge in [0, 0.05) is 31.2 Å². The molecular weight excluding hydrogens is 222 g/mol. The number of hydrogen-bond donors (Lipinski definition) is 2. The number of rotatable bonds is 6. The number of nitrogens with two attached hydrogens (primary N) is 1. The summed E-state index contributed by atoms with van der Waals surface area (Å²) in [4.78, 5) is 2.57. The van der Waals surface area contributed by atoms with Crippen LogP contribution in [0.25, 0.3) is 0 Å². The number of piperidine rings is 1. The van der Waals surface area contributed by atoms with Gasteiger partial charge in [-0.1, -0.05) is 19.3 Å². The lowest BCUT2D eigenvalue weighted by Gasteiger charge is -2.43. The molecule has 0 aromatic carbocycles. The second-order valence-electron chi connectivity index (χ2n) is 6.63. The minimum atomic E-state index is 0.231. The maximum atomic E-state index is 6.04. The molecule has 0 bridgehead atoms. The Bertz CT molecular complexity index is 240. The van der Waals surface area contributed by atoms with Gasteiger partial charge in [0.1, 0.15) is 0 Å². The molecule has 2 aliphatic rings. The van der Waals surface area contributed by atoms with Crippen molar-refractivity contribution in [1.82, 2.24) is 10.2 Å². The molecule has 3 heteroatoms. The smallest absolute Gasteiger partial charge is 0.0328 e. The maximum Gasteiger partial charge on any atom is 0.0328 e. The highest BCUT2D eigenvalue weighted by Gasteiger charge is 2.33. The quantitative estimate of drug-likeness (QED) is 0.760. The van der Waals surface area contributed by atoms with E-state index in [0.29, 0.717) is 6.04 Å². The number of nitrogens with zero attached hydrogens (tertiary/aromatic N) is 1.